The molecule has 0 heterocycles. The lowest BCUT2D eigenvalue weighted by Gasteiger charge is -2.15. The minimum Gasteiger partial charge on any atom is -0.493 e. The minimum absolute atomic E-state index is 0.00670. The maximum Gasteiger partial charge on any atom is 0.416 e. The van der Waals surface area contributed by atoms with Gasteiger partial charge in [0.15, 0.2) is 0 Å². The standard InChI is InChI=1S/C38H53F3N6O8/c1-2-7-30-25-32(38(39,40)41)9-12-36(30)54-17-6-16-53-33-10-11-34-31(26-37(48)55-23-22-50-21-20-49-18-13-44-46-42)24-29(35(34)27-33)8-4-3-5-15-51-28-52-19-14-45-47-43/h9-12,25,27,29,31H,2-8,13-24,26,28H2,1H3/t29?,31-/m0/s1. The van der Waals surface area contributed by atoms with Gasteiger partial charge in [0.25, 0.3) is 0 Å². The van der Waals surface area contributed by atoms with E-state index in [1.54, 1.807) is 0 Å². The maximum absolute atomic E-state index is 13.2. The van der Waals surface area contributed by atoms with Crippen molar-refractivity contribution in [2.24, 2.45) is 10.2 Å². The van der Waals surface area contributed by atoms with Crippen LogP contribution < -0.4 is 9.47 Å². The van der Waals surface area contributed by atoms with Gasteiger partial charge in [-0.2, -0.15) is 13.2 Å². The summed E-state index contributed by atoms with van der Waals surface area (Å²) in [5.41, 5.74) is 18.7. The Kier molecular flexibility index (Phi) is 21.8. The Labute approximate surface area is 320 Å². The van der Waals surface area contributed by atoms with Crippen LogP contribution in [0, 0.1) is 0 Å². The number of carbonyl (C=O) groups is 1. The molecule has 55 heavy (non-hydrogen) atoms. The second-order valence-corrected chi connectivity index (χ2v) is 12.9. The van der Waals surface area contributed by atoms with Crippen LogP contribution in [0.1, 0.15) is 92.4 Å². The molecule has 2 aromatic rings. The Morgan fingerprint density at radius 2 is 1.47 bits per heavy atom. The van der Waals surface area contributed by atoms with E-state index in [2.05, 4.69) is 26.1 Å². The largest absolute Gasteiger partial charge is 0.493 e. The number of alkyl halides is 3. The molecule has 2 atom stereocenters. The average molecular weight is 779 g/mol. The molecule has 17 heteroatoms. The number of benzene rings is 2. The van der Waals surface area contributed by atoms with Gasteiger partial charge in [-0.15, -0.1) is 0 Å². The second kappa shape index (κ2) is 26.5. The highest BCUT2D eigenvalue weighted by molar-refractivity contribution is 5.71. The molecule has 1 aliphatic carbocycles. The van der Waals surface area contributed by atoms with Crippen molar-refractivity contribution in [1.82, 2.24) is 0 Å². The molecule has 0 radical (unpaired) electrons. The molecule has 3 rings (SSSR count). The molecular weight excluding hydrogens is 725 g/mol. The molecule has 0 saturated heterocycles. The van der Waals surface area contributed by atoms with Crippen LogP contribution in [0.15, 0.2) is 46.6 Å². The molecule has 0 spiro atoms. The van der Waals surface area contributed by atoms with E-state index in [0.29, 0.717) is 82.6 Å². The summed E-state index contributed by atoms with van der Waals surface area (Å²) in [6.45, 7) is 5.50. The molecule has 0 saturated carbocycles. The summed E-state index contributed by atoms with van der Waals surface area (Å²) in [6, 6.07) is 9.59. The first-order valence-electron chi connectivity index (χ1n) is 18.8. The van der Waals surface area contributed by atoms with E-state index in [1.807, 2.05) is 19.1 Å². The highest BCUT2D eigenvalue weighted by Gasteiger charge is 2.33. The molecular formula is C38H53F3N6O8. The van der Waals surface area contributed by atoms with E-state index in [4.69, 9.17) is 44.2 Å². The lowest BCUT2D eigenvalue weighted by molar-refractivity contribution is -0.145. The van der Waals surface area contributed by atoms with Gasteiger partial charge in [-0.3, -0.25) is 4.79 Å². The number of hydrogen-bond donors (Lipinski definition) is 0. The van der Waals surface area contributed by atoms with Crippen molar-refractivity contribution >= 4 is 5.97 Å². The van der Waals surface area contributed by atoms with Crippen molar-refractivity contribution in [3.8, 4) is 11.5 Å². The fraction of sp³-hybridized carbons (Fsp3) is 0.658. The van der Waals surface area contributed by atoms with Gasteiger partial charge in [0.2, 0.25) is 0 Å². The fourth-order valence-corrected chi connectivity index (χ4v) is 6.27. The normalized spacial score (nSPS) is 14.8. The Bertz CT molecular complexity index is 1520. The topological polar surface area (TPSA) is 179 Å². The van der Waals surface area contributed by atoms with Gasteiger partial charge in [-0.1, -0.05) is 42.5 Å². The number of nitrogens with zero attached hydrogens (tertiary/aromatic N) is 6. The number of aryl methyl sites for hydroxylation is 1. The minimum atomic E-state index is -4.40. The zero-order chi connectivity index (χ0) is 39.6. The summed E-state index contributed by atoms with van der Waals surface area (Å²) >= 11 is 0. The smallest absolute Gasteiger partial charge is 0.416 e. The summed E-state index contributed by atoms with van der Waals surface area (Å²) in [6.07, 6.45) is 2.13. The number of esters is 1. The number of carbonyl (C=O) groups excluding carboxylic acids is 1. The third kappa shape index (κ3) is 17.8. The van der Waals surface area contributed by atoms with E-state index in [9.17, 15) is 18.0 Å². The van der Waals surface area contributed by atoms with Crippen LogP contribution in [0.5, 0.6) is 11.5 Å². The molecule has 0 aliphatic heterocycles. The summed E-state index contributed by atoms with van der Waals surface area (Å²) in [5.74, 6) is 1.12. The van der Waals surface area contributed by atoms with E-state index in [0.717, 1.165) is 55.4 Å². The van der Waals surface area contributed by atoms with E-state index in [1.165, 1.54) is 6.07 Å². The van der Waals surface area contributed by atoms with Gasteiger partial charge in [-0.25, -0.2) is 0 Å². The summed E-state index contributed by atoms with van der Waals surface area (Å²) in [4.78, 5) is 18.2. The van der Waals surface area contributed by atoms with Gasteiger partial charge in [0.05, 0.1) is 58.2 Å². The van der Waals surface area contributed by atoms with Gasteiger partial charge in [-0.05, 0) is 95.6 Å². The molecule has 1 aliphatic rings. The lowest BCUT2D eigenvalue weighted by atomic mass is 9.94. The van der Waals surface area contributed by atoms with Crippen LogP contribution in [0.3, 0.4) is 0 Å². The lowest BCUT2D eigenvalue weighted by Crippen LogP contribution is -2.15. The van der Waals surface area contributed by atoms with Crippen molar-refractivity contribution in [1.29, 1.82) is 0 Å². The van der Waals surface area contributed by atoms with Gasteiger partial charge < -0.3 is 33.2 Å². The fourth-order valence-electron chi connectivity index (χ4n) is 6.27. The Balaban J connectivity index is 1.49. The monoisotopic (exact) mass is 778 g/mol. The van der Waals surface area contributed by atoms with Crippen LogP contribution in [-0.2, 0) is 41.1 Å². The van der Waals surface area contributed by atoms with Crippen LogP contribution in [0.4, 0.5) is 13.2 Å². The van der Waals surface area contributed by atoms with E-state index in [-0.39, 0.29) is 57.3 Å². The molecule has 0 bridgehead atoms. The quantitative estimate of drug-likeness (QED) is 0.0188. The molecule has 2 aromatic carbocycles. The number of fused-ring (bicyclic) bond motifs is 1. The van der Waals surface area contributed by atoms with Crippen LogP contribution in [0.25, 0.3) is 20.9 Å². The van der Waals surface area contributed by atoms with Crippen molar-refractivity contribution in [2.45, 2.75) is 82.7 Å². The molecule has 1 unspecified atom stereocenters. The molecule has 304 valence electrons. The second-order valence-electron chi connectivity index (χ2n) is 12.9. The van der Waals surface area contributed by atoms with Crippen LogP contribution >= 0.6 is 0 Å². The van der Waals surface area contributed by atoms with Crippen LogP contribution in [0.2, 0.25) is 0 Å². The zero-order valence-corrected chi connectivity index (χ0v) is 31.6. The number of unbranched alkanes of at least 4 members (excludes halogenated alkanes) is 2. The first-order valence-corrected chi connectivity index (χ1v) is 18.8. The number of rotatable bonds is 30. The first-order chi connectivity index (χ1) is 26.8. The van der Waals surface area contributed by atoms with Crippen molar-refractivity contribution in [3.63, 3.8) is 0 Å². The van der Waals surface area contributed by atoms with Crippen LogP contribution in [-0.4, -0.2) is 85.3 Å². The first kappa shape index (κ1) is 45.2. The number of ether oxygens (including phenoxy) is 7. The average Bonchev–Trinajstić information content (AvgIpc) is 3.50. The summed E-state index contributed by atoms with van der Waals surface area (Å²) in [7, 11) is 0. The third-order valence-electron chi connectivity index (χ3n) is 8.81. The molecule has 0 aromatic heterocycles. The molecule has 0 fully saturated rings. The zero-order valence-electron chi connectivity index (χ0n) is 31.6. The number of hydrogen-bond acceptors (Lipinski definition) is 10. The highest BCUT2D eigenvalue weighted by Crippen LogP contribution is 2.47. The van der Waals surface area contributed by atoms with Crippen molar-refractivity contribution in [2.75, 3.05) is 79.3 Å². The Morgan fingerprint density at radius 1 is 0.764 bits per heavy atom. The summed E-state index contributed by atoms with van der Waals surface area (Å²) < 4.78 is 78.6. The Morgan fingerprint density at radius 3 is 2.22 bits per heavy atom. The maximum atomic E-state index is 13.2. The SMILES string of the molecule is CCCc1cc(C(F)(F)F)ccc1OCCCOc1ccc2c(c1)C(CCCCCOCOCCN=[N+]=[N-])C[C@H]2CC(=O)OCCOCCOCCN=[N+]=[N-]. The summed E-state index contributed by atoms with van der Waals surface area (Å²) in [5, 5.41) is 6.80. The predicted octanol–water partition coefficient (Wildman–Crippen LogP) is 9.21. The number of halogens is 3. The van der Waals surface area contributed by atoms with E-state index < -0.39 is 11.7 Å². The van der Waals surface area contributed by atoms with Crippen molar-refractivity contribution in [3.05, 3.63) is 79.5 Å². The van der Waals surface area contributed by atoms with Gasteiger partial charge in [0.1, 0.15) is 24.9 Å². The molecule has 0 amide bonds. The molecule has 14 nitrogen and oxygen atoms in total. The molecule has 0 N–H and O–H groups in total. The Hall–Kier alpha value is -4.24. The van der Waals surface area contributed by atoms with Gasteiger partial charge in [0, 0.05) is 35.9 Å². The van der Waals surface area contributed by atoms with Crippen molar-refractivity contribution < 1.29 is 51.1 Å². The predicted molar refractivity (Wildman–Crippen MR) is 198 cm³/mol. The van der Waals surface area contributed by atoms with Gasteiger partial charge >= 0.3 is 12.1 Å². The van der Waals surface area contributed by atoms with E-state index >= 15 is 0 Å². The highest BCUT2D eigenvalue weighted by atomic mass is 19.4. The number of azide groups is 2. The third-order valence-corrected chi connectivity index (χ3v) is 8.81.